The number of hydrogen-bond acceptors (Lipinski definition) is 5. The zero-order valence-corrected chi connectivity index (χ0v) is 23.5. The molecule has 0 spiro atoms. The molecule has 0 saturated carbocycles. The van der Waals surface area contributed by atoms with Crippen LogP contribution in [-0.4, -0.2) is 34.6 Å². The Balaban J connectivity index is 1.30. The molecule has 204 valence electrons. The smallest absolute Gasteiger partial charge is 0.287 e. The van der Waals surface area contributed by atoms with Gasteiger partial charge < -0.3 is 15.1 Å². The third kappa shape index (κ3) is 5.98. The maximum absolute atomic E-state index is 13.3. The predicted octanol–water partition coefficient (Wildman–Crippen LogP) is 5.76. The van der Waals surface area contributed by atoms with Crippen molar-refractivity contribution in [3.63, 3.8) is 0 Å². The van der Waals surface area contributed by atoms with Gasteiger partial charge in [-0.15, -0.1) is 0 Å². The van der Waals surface area contributed by atoms with Gasteiger partial charge in [0.2, 0.25) is 0 Å². The Hall–Kier alpha value is -3.71. The van der Waals surface area contributed by atoms with Crippen LogP contribution >= 0.6 is 0 Å². The summed E-state index contributed by atoms with van der Waals surface area (Å²) in [6.07, 6.45) is 3.97. The summed E-state index contributed by atoms with van der Waals surface area (Å²) in [6, 6.07) is 17.6. The molecule has 0 radical (unpaired) electrons. The van der Waals surface area contributed by atoms with Crippen LogP contribution < -0.4 is 16.1 Å². The van der Waals surface area contributed by atoms with Crippen LogP contribution in [0.25, 0.3) is 11.1 Å². The summed E-state index contributed by atoms with van der Waals surface area (Å²) in [7, 11) is 0. The summed E-state index contributed by atoms with van der Waals surface area (Å²) in [4.78, 5) is 26.2. The number of aryl methyl sites for hydroxylation is 1. The highest BCUT2D eigenvalue weighted by molar-refractivity contribution is 6.07. The number of rotatable bonds is 5. The van der Waals surface area contributed by atoms with E-state index < -0.39 is 0 Å². The Kier molecular flexibility index (Phi) is 7.21. The number of benzene rings is 2. The lowest BCUT2D eigenvalue weighted by Crippen LogP contribution is -2.62. The van der Waals surface area contributed by atoms with E-state index in [2.05, 4.69) is 48.9 Å². The zero-order valence-electron chi connectivity index (χ0n) is 23.5. The van der Waals surface area contributed by atoms with Crippen LogP contribution in [0.4, 0.5) is 0 Å². The second-order valence-electron chi connectivity index (χ2n) is 12.1. The molecule has 3 N–H and O–H groups in total. The fourth-order valence-corrected chi connectivity index (χ4v) is 6.30. The number of nitrogens with one attached hydrogen (secondary N) is 3. The Morgan fingerprint density at radius 3 is 2.21 bits per heavy atom. The van der Waals surface area contributed by atoms with Crippen LogP contribution in [0.3, 0.4) is 0 Å². The van der Waals surface area contributed by atoms with E-state index in [4.69, 9.17) is 4.42 Å². The van der Waals surface area contributed by atoms with E-state index in [1.165, 1.54) is 0 Å². The molecular weight excluding hydrogens is 488 g/mol. The lowest BCUT2D eigenvalue weighted by molar-refractivity contribution is 0.0842. The molecule has 1 aromatic heterocycles. The highest BCUT2D eigenvalue weighted by atomic mass is 16.4. The second-order valence-corrected chi connectivity index (χ2v) is 12.1. The summed E-state index contributed by atoms with van der Waals surface area (Å²) >= 11 is 0. The first-order chi connectivity index (χ1) is 18.5. The van der Waals surface area contributed by atoms with E-state index in [1.807, 2.05) is 49.4 Å². The van der Waals surface area contributed by atoms with Crippen LogP contribution in [0.5, 0.6) is 0 Å². The van der Waals surface area contributed by atoms with Gasteiger partial charge in [0.25, 0.3) is 11.8 Å². The van der Waals surface area contributed by atoms with Crippen molar-refractivity contribution >= 4 is 17.5 Å². The molecule has 2 aliphatic rings. The van der Waals surface area contributed by atoms with Gasteiger partial charge in [0.15, 0.2) is 5.76 Å². The van der Waals surface area contributed by atoms with Gasteiger partial charge in [-0.3, -0.25) is 9.59 Å². The zero-order chi connectivity index (χ0) is 27.8. The Morgan fingerprint density at radius 2 is 1.54 bits per heavy atom. The number of fused-ring (bicyclic) bond motifs is 1. The van der Waals surface area contributed by atoms with Crippen molar-refractivity contribution < 1.29 is 14.0 Å². The van der Waals surface area contributed by atoms with Gasteiger partial charge in [-0.05, 0) is 83.6 Å². The quantitative estimate of drug-likeness (QED) is 0.368. The van der Waals surface area contributed by atoms with Crippen LogP contribution in [0, 0.1) is 6.92 Å². The molecule has 1 saturated heterocycles. The first-order valence-electron chi connectivity index (χ1n) is 13.8. The van der Waals surface area contributed by atoms with Crippen molar-refractivity contribution in [1.29, 1.82) is 0 Å². The van der Waals surface area contributed by atoms with Crippen molar-refractivity contribution in [3.05, 3.63) is 82.8 Å². The maximum Gasteiger partial charge on any atom is 0.287 e. The van der Waals surface area contributed by atoms with E-state index in [0.717, 1.165) is 59.4 Å². The molecule has 3 aromatic rings. The van der Waals surface area contributed by atoms with E-state index >= 15 is 0 Å². The molecule has 39 heavy (non-hydrogen) atoms. The van der Waals surface area contributed by atoms with Crippen molar-refractivity contribution in [1.82, 2.24) is 16.1 Å². The van der Waals surface area contributed by atoms with Gasteiger partial charge in [-0.1, -0.05) is 42.5 Å². The molecule has 2 amide bonds. The molecule has 5 rings (SSSR count). The average Bonchev–Trinajstić information content (AvgIpc) is 3.23. The van der Waals surface area contributed by atoms with Gasteiger partial charge in [0.1, 0.15) is 5.76 Å². The number of nitrogens with zero attached hydrogens (tertiary/aromatic N) is 1. The first kappa shape index (κ1) is 26.9. The molecular formula is C32H38N4O3. The molecule has 1 aliphatic carbocycles. The van der Waals surface area contributed by atoms with Crippen LogP contribution in [0.15, 0.2) is 64.1 Å². The number of hydrazone groups is 1. The third-order valence-corrected chi connectivity index (χ3v) is 7.60. The van der Waals surface area contributed by atoms with Gasteiger partial charge in [0.05, 0.1) is 5.71 Å². The minimum atomic E-state index is -0.274. The van der Waals surface area contributed by atoms with Crippen LogP contribution in [-0.2, 0) is 6.42 Å². The largest absolute Gasteiger partial charge is 0.455 e. The fourth-order valence-electron chi connectivity index (χ4n) is 6.30. The highest BCUT2D eigenvalue weighted by Crippen LogP contribution is 2.32. The molecule has 0 atom stereocenters. The standard InChI is InChI=1S/C32H38N4O3/c1-20-27-25(34-35-29(37)23-16-14-22(15-17-23)21-10-7-6-8-11-21)12-9-13-26(27)39-28(20)30(38)33-24-18-31(2,3)36-32(4,5)19-24/h6-8,10-11,14-17,24,36H,9,12-13,18-19H2,1-5H3,(H,33,38)(H,35,37)/b34-25+. The molecule has 0 unspecified atom stereocenters. The van der Waals surface area contributed by atoms with Gasteiger partial charge in [-0.25, -0.2) is 5.43 Å². The van der Waals surface area contributed by atoms with Crippen molar-refractivity contribution in [3.8, 4) is 11.1 Å². The monoisotopic (exact) mass is 526 g/mol. The molecule has 1 aliphatic heterocycles. The van der Waals surface area contributed by atoms with Crippen molar-refractivity contribution in [2.75, 3.05) is 0 Å². The third-order valence-electron chi connectivity index (χ3n) is 7.60. The van der Waals surface area contributed by atoms with E-state index in [-0.39, 0.29) is 28.9 Å². The number of amides is 2. The molecule has 2 aromatic carbocycles. The second kappa shape index (κ2) is 10.5. The van der Waals surface area contributed by atoms with Gasteiger partial charge in [-0.2, -0.15) is 5.10 Å². The number of piperidine rings is 1. The van der Waals surface area contributed by atoms with Crippen molar-refractivity contribution in [2.45, 2.75) is 83.8 Å². The lowest BCUT2D eigenvalue weighted by Gasteiger charge is -2.46. The summed E-state index contributed by atoms with van der Waals surface area (Å²) in [5.41, 5.74) is 7.62. The van der Waals surface area contributed by atoms with Gasteiger partial charge >= 0.3 is 0 Å². The van der Waals surface area contributed by atoms with E-state index in [9.17, 15) is 9.59 Å². The average molecular weight is 527 g/mol. The molecule has 0 bridgehead atoms. The fraction of sp³-hybridized carbons (Fsp3) is 0.406. The SMILES string of the molecule is Cc1c(C(=O)NC2CC(C)(C)NC(C)(C)C2)oc2c1/C(=N/NC(=O)c1ccc(-c3ccccc3)cc1)CCC2. The number of carbonyl (C=O) groups is 2. The molecule has 7 heteroatoms. The highest BCUT2D eigenvalue weighted by Gasteiger charge is 2.39. The Labute approximate surface area is 230 Å². The minimum absolute atomic E-state index is 0.0472. The Morgan fingerprint density at radius 1 is 0.897 bits per heavy atom. The van der Waals surface area contributed by atoms with Gasteiger partial charge in [0, 0.05) is 40.2 Å². The summed E-state index contributed by atoms with van der Waals surface area (Å²) in [5.74, 6) is 0.633. The minimum Gasteiger partial charge on any atom is -0.455 e. The van der Waals surface area contributed by atoms with Crippen LogP contribution in [0.1, 0.15) is 91.2 Å². The number of furan rings is 1. The molecule has 7 nitrogen and oxygen atoms in total. The molecule has 1 fully saturated rings. The van der Waals surface area contributed by atoms with E-state index in [1.54, 1.807) is 12.1 Å². The first-order valence-corrected chi connectivity index (χ1v) is 13.8. The summed E-state index contributed by atoms with van der Waals surface area (Å²) in [6.45, 7) is 10.6. The number of carbonyl (C=O) groups excluding carboxylic acids is 2. The predicted molar refractivity (Wildman–Crippen MR) is 154 cm³/mol. The van der Waals surface area contributed by atoms with E-state index in [0.29, 0.717) is 17.7 Å². The number of hydrogen-bond donors (Lipinski definition) is 3. The summed E-state index contributed by atoms with van der Waals surface area (Å²) < 4.78 is 6.10. The maximum atomic E-state index is 13.3. The lowest BCUT2D eigenvalue weighted by atomic mass is 9.79. The molecule has 2 heterocycles. The van der Waals surface area contributed by atoms with Crippen molar-refractivity contribution in [2.24, 2.45) is 5.10 Å². The Bertz CT molecular complexity index is 1390. The summed E-state index contributed by atoms with van der Waals surface area (Å²) in [5, 5.41) is 11.4. The van der Waals surface area contributed by atoms with Crippen LogP contribution in [0.2, 0.25) is 0 Å². The topological polar surface area (TPSA) is 95.7 Å². The normalized spacial score (nSPS) is 19.4.